The van der Waals surface area contributed by atoms with Gasteiger partial charge in [0.25, 0.3) is 11.6 Å². The molecule has 5 rings (SSSR count). The predicted octanol–water partition coefficient (Wildman–Crippen LogP) is 4.58. The monoisotopic (exact) mass is 667 g/mol. The molecule has 17 heteroatoms. The number of methoxy groups -OCH3 is 1. The summed E-state index contributed by atoms with van der Waals surface area (Å²) in [5.74, 6) is -0.0779. The minimum absolute atomic E-state index is 0.0467. The average Bonchev–Trinajstić information content (AvgIpc) is 3.63. The molecule has 0 bridgehead atoms. The van der Waals surface area contributed by atoms with Gasteiger partial charge in [0.15, 0.2) is 17.2 Å². The number of nitrogen functional groups attached to an aromatic ring is 1. The summed E-state index contributed by atoms with van der Waals surface area (Å²) in [6.45, 7) is 0.277. The lowest BCUT2D eigenvalue weighted by atomic mass is 10.1. The SMILES string of the molecule is COc1cc(C=NNC(=O)c2nnn(-c3nonc3N)c2-c2cccc([N+](=O)[O-])c2)cc(Br)c1OCc1ccc(Cl)cc1. The van der Waals surface area contributed by atoms with Crippen molar-refractivity contribution in [1.82, 2.24) is 30.7 Å². The van der Waals surface area contributed by atoms with E-state index in [0.717, 1.165) is 10.2 Å². The first-order chi connectivity index (χ1) is 20.7. The number of nitro benzene ring substituents is 1. The third-order valence-corrected chi connectivity index (χ3v) is 6.68. The summed E-state index contributed by atoms with van der Waals surface area (Å²) in [6, 6.07) is 16.2. The number of hydrogen-bond acceptors (Lipinski definition) is 12. The zero-order chi connectivity index (χ0) is 30.5. The van der Waals surface area contributed by atoms with E-state index in [0.29, 0.717) is 26.6 Å². The fourth-order valence-corrected chi connectivity index (χ4v) is 4.56. The van der Waals surface area contributed by atoms with Gasteiger partial charge in [0.1, 0.15) is 12.3 Å². The summed E-state index contributed by atoms with van der Waals surface area (Å²) in [4.78, 5) is 24.0. The highest BCUT2D eigenvalue weighted by Gasteiger charge is 2.26. The fraction of sp³-hybridized carbons (Fsp3) is 0.0769. The van der Waals surface area contributed by atoms with Crippen LogP contribution in [0.25, 0.3) is 17.1 Å². The van der Waals surface area contributed by atoms with Crippen LogP contribution in [-0.2, 0) is 6.61 Å². The van der Waals surface area contributed by atoms with Crippen LogP contribution in [0.2, 0.25) is 5.02 Å². The molecule has 0 radical (unpaired) electrons. The summed E-state index contributed by atoms with van der Waals surface area (Å²) >= 11 is 9.43. The summed E-state index contributed by atoms with van der Waals surface area (Å²) < 4.78 is 17.8. The maximum Gasteiger partial charge on any atom is 0.294 e. The third-order valence-electron chi connectivity index (χ3n) is 5.84. The number of nitrogens with zero attached hydrogens (tertiary/aromatic N) is 7. The second-order valence-corrected chi connectivity index (χ2v) is 9.92. The number of anilines is 1. The lowest BCUT2D eigenvalue weighted by Gasteiger charge is -2.13. The van der Waals surface area contributed by atoms with Crippen molar-refractivity contribution in [3.63, 3.8) is 0 Å². The van der Waals surface area contributed by atoms with Gasteiger partial charge in [-0.15, -0.1) is 5.10 Å². The van der Waals surface area contributed by atoms with Crippen molar-refractivity contribution in [2.45, 2.75) is 6.61 Å². The fourth-order valence-electron chi connectivity index (χ4n) is 3.86. The van der Waals surface area contributed by atoms with Gasteiger partial charge in [-0.05, 0) is 61.6 Å². The van der Waals surface area contributed by atoms with E-state index in [1.54, 1.807) is 24.3 Å². The third kappa shape index (κ3) is 6.44. The molecule has 0 saturated carbocycles. The quantitative estimate of drug-likeness (QED) is 0.120. The number of carbonyl (C=O) groups is 1. The lowest BCUT2D eigenvalue weighted by molar-refractivity contribution is -0.384. The molecule has 0 saturated heterocycles. The average molecular weight is 669 g/mol. The normalized spacial score (nSPS) is 11.0. The Morgan fingerprint density at radius 3 is 2.72 bits per heavy atom. The van der Waals surface area contributed by atoms with Crippen molar-refractivity contribution < 1.29 is 23.8 Å². The van der Waals surface area contributed by atoms with E-state index in [-0.39, 0.29) is 40.9 Å². The van der Waals surface area contributed by atoms with E-state index >= 15 is 0 Å². The smallest absolute Gasteiger partial charge is 0.294 e. The molecule has 218 valence electrons. The Labute approximate surface area is 255 Å². The minimum atomic E-state index is -0.770. The number of carbonyl (C=O) groups excluding carboxylic acids is 1. The van der Waals surface area contributed by atoms with Crippen LogP contribution in [0.15, 0.2) is 74.9 Å². The van der Waals surface area contributed by atoms with Gasteiger partial charge in [0.2, 0.25) is 11.6 Å². The van der Waals surface area contributed by atoms with Gasteiger partial charge in [0, 0.05) is 22.7 Å². The highest BCUT2D eigenvalue weighted by molar-refractivity contribution is 9.10. The maximum absolute atomic E-state index is 13.2. The van der Waals surface area contributed by atoms with E-state index < -0.39 is 10.8 Å². The zero-order valence-corrected chi connectivity index (χ0v) is 24.3. The van der Waals surface area contributed by atoms with Crippen molar-refractivity contribution in [2.24, 2.45) is 5.10 Å². The highest BCUT2D eigenvalue weighted by atomic mass is 79.9. The van der Waals surface area contributed by atoms with Gasteiger partial charge in [-0.2, -0.15) is 9.78 Å². The van der Waals surface area contributed by atoms with Crippen molar-refractivity contribution in [1.29, 1.82) is 0 Å². The van der Waals surface area contributed by atoms with Crippen molar-refractivity contribution >= 4 is 51.2 Å². The Kier molecular flexibility index (Phi) is 8.59. The van der Waals surface area contributed by atoms with Crippen LogP contribution in [0, 0.1) is 10.1 Å². The molecule has 43 heavy (non-hydrogen) atoms. The Morgan fingerprint density at radius 1 is 1.23 bits per heavy atom. The van der Waals surface area contributed by atoms with Gasteiger partial charge in [-0.3, -0.25) is 14.9 Å². The summed E-state index contributed by atoms with van der Waals surface area (Å²) in [5, 5.41) is 31.1. The van der Waals surface area contributed by atoms with Crippen LogP contribution in [0.3, 0.4) is 0 Å². The minimum Gasteiger partial charge on any atom is -0.493 e. The van der Waals surface area contributed by atoms with Crippen LogP contribution in [0.4, 0.5) is 11.5 Å². The van der Waals surface area contributed by atoms with E-state index in [1.807, 2.05) is 12.1 Å². The molecule has 0 unspecified atom stereocenters. The molecule has 0 fully saturated rings. The summed E-state index contributed by atoms with van der Waals surface area (Å²) in [5.41, 5.74) is 9.51. The van der Waals surface area contributed by atoms with E-state index in [9.17, 15) is 14.9 Å². The lowest BCUT2D eigenvalue weighted by Crippen LogP contribution is -2.19. The largest absolute Gasteiger partial charge is 0.493 e. The Balaban J connectivity index is 1.38. The molecule has 2 aromatic heterocycles. The Bertz CT molecular complexity index is 1840. The molecule has 15 nitrogen and oxygen atoms in total. The topological polar surface area (TPSA) is 199 Å². The second kappa shape index (κ2) is 12.7. The number of hydrazone groups is 1. The Hall–Kier alpha value is -5.35. The van der Waals surface area contributed by atoms with Gasteiger partial charge in [-0.25, -0.2) is 10.1 Å². The first-order valence-corrected chi connectivity index (χ1v) is 13.3. The number of nitro groups is 1. The molecule has 0 spiro atoms. The number of rotatable bonds is 10. The number of nitrogens with one attached hydrogen (secondary N) is 1. The van der Waals surface area contributed by atoms with Crippen LogP contribution in [0.5, 0.6) is 11.5 Å². The number of benzene rings is 3. The van der Waals surface area contributed by atoms with Crippen LogP contribution in [0.1, 0.15) is 21.6 Å². The number of hydrogen-bond donors (Lipinski definition) is 2. The number of ether oxygens (including phenoxy) is 2. The van der Waals surface area contributed by atoms with E-state index in [1.165, 1.54) is 37.6 Å². The molecular formula is C26H19BrClN9O6. The van der Waals surface area contributed by atoms with Crippen LogP contribution < -0.4 is 20.6 Å². The van der Waals surface area contributed by atoms with Crippen molar-refractivity contribution in [2.75, 3.05) is 12.8 Å². The van der Waals surface area contributed by atoms with Crippen LogP contribution >= 0.6 is 27.5 Å². The number of non-ortho nitro benzene ring substituents is 1. The van der Waals surface area contributed by atoms with Gasteiger partial charge in [0.05, 0.1) is 22.7 Å². The molecule has 3 N–H and O–H groups in total. The molecule has 0 atom stereocenters. The molecule has 2 heterocycles. The van der Waals surface area contributed by atoms with Crippen molar-refractivity contribution in [3.05, 3.63) is 97.1 Å². The first kappa shape index (κ1) is 29.2. The molecular weight excluding hydrogens is 650 g/mol. The van der Waals surface area contributed by atoms with E-state index in [4.69, 9.17) is 26.8 Å². The highest BCUT2D eigenvalue weighted by Crippen LogP contribution is 2.37. The maximum atomic E-state index is 13.2. The number of aromatic nitrogens is 5. The van der Waals surface area contributed by atoms with Gasteiger partial charge < -0.3 is 15.2 Å². The van der Waals surface area contributed by atoms with Gasteiger partial charge in [-0.1, -0.05) is 41.1 Å². The number of nitrogens with two attached hydrogens (primary N) is 1. The van der Waals surface area contributed by atoms with Crippen LogP contribution in [-0.4, -0.2) is 49.5 Å². The first-order valence-electron chi connectivity index (χ1n) is 12.1. The zero-order valence-electron chi connectivity index (χ0n) is 22.0. The molecule has 0 aliphatic carbocycles. The van der Waals surface area contributed by atoms with E-state index in [2.05, 4.69) is 51.7 Å². The predicted molar refractivity (Wildman–Crippen MR) is 157 cm³/mol. The molecule has 3 aromatic carbocycles. The van der Waals surface area contributed by atoms with Gasteiger partial charge >= 0.3 is 0 Å². The standard InChI is InChI=1S/C26H19BrClN9O6/c1-41-20-10-15(9-19(27)23(20)42-13-14-5-7-17(28)8-6-14)12-30-32-26(38)21-22(16-3-2-4-18(11-16)37(39)40)36(35-31-21)25-24(29)33-43-34-25/h2-12H,13H2,1H3,(H2,29,33)(H,32,38). The van der Waals surface area contributed by atoms with Crippen molar-refractivity contribution in [3.8, 4) is 28.6 Å². The number of halogens is 2. The number of amides is 1. The second-order valence-electron chi connectivity index (χ2n) is 8.63. The summed E-state index contributed by atoms with van der Waals surface area (Å²) in [7, 11) is 1.50. The Morgan fingerprint density at radius 2 is 2.02 bits per heavy atom. The molecule has 5 aromatic rings. The summed E-state index contributed by atoms with van der Waals surface area (Å²) in [6.07, 6.45) is 1.38. The molecule has 1 amide bonds. The molecule has 0 aliphatic rings. The molecule has 0 aliphatic heterocycles.